The van der Waals surface area contributed by atoms with Crippen LogP contribution in [0.25, 0.3) is 0 Å². The molecule has 0 bridgehead atoms. The maximum absolute atomic E-state index is 12.8. The summed E-state index contributed by atoms with van der Waals surface area (Å²) >= 11 is 12.2. The Hall–Kier alpha value is -5.67. The lowest BCUT2D eigenvalue weighted by Crippen LogP contribution is -2.21. The maximum Gasteiger partial charge on any atom is 0.490 e. The fourth-order valence-corrected chi connectivity index (χ4v) is 3.99. The number of halogens is 5. The van der Waals surface area contributed by atoms with Gasteiger partial charge >= 0.3 is 12.1 Å². The zero-order chi connectivity index (χ0) is 34.0. The Kier molecular flexibility index (Phi) is 11.6. The first kappa shape index (κ1) is 34.8. The number of amides is 4. The molecule has 46 heavy (non-hydrogen) atoms. The molecule has 4 rings (SSSR count). The van der Waals surface area contributed by atoms with Gasteiger partial charge in [-0.25, -0.2) is 4.79 Å². The van der Waals surface area contributed by atoms with Crippen LogP contribution in [0.1, 0.15) is 31.2 Å². The number of carbonyl (C=O) groups excluding carboxylic acids is 4. The van der Waals surface area contributed by atoms with Gasteiger partial charge in [-0.3, -0.25) is 24.3 Å². The highest BCUT2D eigenvalue weighted by Gasteiger charge is 2.38. The quantitative estimate of drug-likeness (QED) is 0.120. The summed E-state index contributed by atoms with van der Waals surface area (Å²) < 4.78 is 31.7. The minimum atomic E-state index is -5.08. The number of aromatic amines is 1. The molecule has 6 N–H and O–H groups in total. The third-order valence-corrected chi connectivity index (χ3v) is 6.16. The van der Waals surface area contributed by atoms with Gasteiger partial charge in [-0.15, -0.1) is 0 Å². The van der Waals surface area contributed by atoms with Crippen LogP contribution in [-0.4, -0.2) is 51.1 Å². The molecule has 0 spiro atoms. The topological polar surface area (TPSA) is 182 Å². The molecular weight excluding hydrogens is 656 g/mol. The molecule has 4 amide bonds. The number of H-pyrrole nitrogens is 1. The van der Waals surface area contributed by atoms with Crippen molar-refractivity contribution in [3.05, 3.63) is 112 Å². The number of rotatable bonds is 8. The predicted molar refractivity (Wildman–Crippen MR) is 164 cm³/mol. The van der Waals surface area contributed by atoms with E-state index in [1.54, 1.807) is 48.5 Å². The van der Waals surface area contributed by atoms with Crippen molar-refractivity contribution in [2.24, 2.45) is 0 Å². The van der Waals surface area contributed by atoms with E-state index in [1.807, 2.05) is 0 Å². The molecule has 0 atom stereocenters. The number of hydrogen-bond donors (Lipinski definition) is 6. The van der Waals surface area contributed by atoms with Crippen molar-refractivity contribution in [1.29, 1.82) is 0 Å². The van der Waals surface area contributed by atoms with Crippen LogP contribution in [0.15, 0.2) is 85.6 Å². The SMILES string of the molecule is C=CC(=O)Nc1cccc(C(=O)Nc2ccc(NC(=O)c3[nH]ncc3NC(=O)c3c(Cl)cccc3Cl)cc2)c1.O=C(O)C(F)(F)F. The van der Waals surface area contributed by atoms with Gasteiger partial charge in [0.1, 0.15) is 5.69 Å². The normalized spacial score (nSPS) is 10.5. The number of anilines is 4. The summed E-state index contributed by atoms with van der Waals surface area (Å²) in [6.45, 7) is 3.39. The van der Waals surface area contributed by atoms with Crippen LogP contribution >= 0.6 is 23.2 Å². The van der Waals surface area contributed by atoms with E-state index in [4.69, 9.17) is 33.1 Å². The number of carboxylic acids is 1. The molecular formula is C29H21Cl2F3N6O6. The minimum absolute atomic E-state index is 0.00679. The average Bonchev–Trinajstić information content (AvgIpc) is 3.46. The van der Waals surface area contributed by atoms with Crippen molar-refractivity contribution < 1.29 is 42.3 Å². The van der Waals surface area contributed by atoms with Crippen molar-refractivity contribution in [3.63, 3.8) is 0 Å². The Balaban J connectivity index is 0.000000738. The summed E-state index contributed by atoms with van der Waals surface area (Å²) in [4.78, 5) is 58.5. The van der Waals surface area contributed by atoms with Crippen LogP contribution in [0, 0.1) is 0 Å². The third-order valence-electron chi connectivity index (χ3n) is 5.53. The second-order valence-corrected chi connectivity index (χ2v) is 9.59. The van der Waals surface area contributed by atoms with E-state index in [-0.39, 0.29) is 32.9 Å². The number of hydrogen-bond acceptors (Lipinski definition) is 6. The molecule has 0 saturated heterocycles. The number of benzene rings is 3. The van der Waals surface area contributed by atoms with Crippen molar-refractivity contribution in [2.45, 2.75) is 6.18 Å². The van der Waals surface area contributed by atoms with E-state index in [0.29, 0.717) is 22.6 Å². The van der Waals surface area contributed by atoms with Crippen LogP contribution in [0.4, 0.5) is 35.9 Å². The van der Waals surface area contributed by atoms with E-state index in [9.17, 15) is 32.3 Å². The molecule has 17 heteroatoms. The summed E-state index contributed by atoms with van der Waals surface area (Å²) in [6.07, 6.45) is -2.67. The second-order valence-electron chi connectivity index (χ2n) is 8.77. The van der Waals surface area contributed by atoms with Gasteiger partial charge in [0.25, 0.3) is 17.7 Å². The van der Waals surface area contributed by atoms with Crippen LogP contribution in [0.5, 0.6) is 0 Å². The predicted octanol–water partition coefficient (Wildman–Crippen LogP) is 6.23. The molecule has 0 aliphatic heterocycles. The largest absolute Gasteiger partial charge is 0.490 e. The highest BCUT2D eigenvalue weighted by molar-refractivity contribution is 6.40. The Morgan fingerprint density at radius 2 is 1.33 bits per heavy atom. The van der Waals surface area contributed by atoms with E-state index in [0.717, 1.165) is 6.08 Å². The third kappa shape index (κ3) is 9.67. The number of aliphatic carboxylic acids is 1. The van der Waals surface area contributed by atoms with Crippen LogP contribution in [-0.2, 0) is 9.59 Å². The second kappa shape index (κ2) is 15.4. The van der Waals surface area contributed by atoms with E-state index in [2.05, 4.69) is 38.0 Å². The Morgan fingerprint density at radius 1 is 0.783 bits per heavy atom. The number of nitrogens with zero attached hydrogens (tertiary/aromatic N) is 1. The lowest BCUT2D eigenvalue weighted by atomic mass is 10.1. The van der Waals surface area contributed by atoms with Gasteiger partial charge in [0.2, 0.25) is 5.91 Å². The first-order valence-corrected chi connectivity index (χ1v) is 13.3. The summed E-state index contributed by atoms with van der Waals surface area (Å²) in [6, 6.07) is 17.5. The lowest BCUT2D eigenvalue weighted by Gasteiger charge is -2.10. The zero-order valence-electron chi connectivity index (χ0n) is 23.0. The lowest BCUT2D eigenvalue weighted by molar-refractivity contribution is -0.192. The Bertz CT molecular complexity index is 1770. The summed E-state index contributed by atoms with van der Waals surface area (Å²) in [5, 5.41) is 24.5. The molecule has 238 valence electrons. The smallest absolute Gasteiger partial charge is 0.475 e. The van der Waals surface area contributed by atoms with Crippen molar-refractivity contribution in [1.82, 2.24) is 10.2 Å². The fraction of sp³-hybridized carbons (Fsp3) is 0.0345. The molecule has 0 saturated carbocycles. The first-order chi connectivity index (χ1) is 21.7. The highest BCUT2D eigenvalue weighted by Crippen LogP contribution is 2.26. The standard InChI is InChI=1S/C27H20Cl2N6O4.C2HF3O2/c1-2-22(36)31-18-6-3-5-15(13-18)25(37)32-16-9-11-17(12-10-16)33-27(39)24-21(14-30-35-24)34-26(38)23-19(28)7-4-8-20(23)29;3-2(4,5)1(6)7/h2-14H,1H2,(H,30,35)(H,31,36)(H,32,37)(H,33,39)(H,34,38);(H,6,7). The summed E-state index contributed by atoms with van der Waals surface area (Å²) in [5.41, 5.74) is 1.89. The molecule has 0 aliphatic carbocycles. The van der Waals surface area contributed by atoms with Crippen LogP contribution < -0.4 is 21.3 Å². The number of carboxylic acid groups (broad SMARTS) is 1. The van der Waals surface area contributed by atoms with Crippen LogP contribution in [0.3, 0.4) is 0 Å². The van der Waals surface area contributed by atoms with Crippen LogP contribution in [0.2, 0.25) is 10.0 Å². The summed E-state index contributed by atoms with van der Waals surface area (Å²) in [7, 11) is 0. The van der Waals surface area contributed by atoms with E-state index < -0.39 is 29.9 Å². The average molecular weight is 677 g/mol. The number of alkyl halides is 3. The molecule has 1 aromatic heterocycles. The van der Waals surface area contributed by atoms with Crippen molar-refractivity contribution >= 4 is 75.5 Å². The number of carbonyl (C=O) groups is 5. The molecule has 12 nitrogen and oxygen atoms in total. The molecule has 0 unspecified atom stereocenters. The molecule has 3 aromatic carbocycles. The van der Waals surface area contributed by atoms with Gasteiger partial charge in [0.05, 0.1) is 27.5 Å². The maximum atomic E-state index is 12.8. The van der Waals surface area contributed by atoms with E-state index >= 15 is 0 Å². The minimum Gasteiger partial charge on any atom is -0.475 e. The molecule has 1 heterocycles. The van der Waals surface area contributed by atoms with Crippen molar-refractivity contribution in [2.75, 3.05) is 21.3 Å². The number of nitrogens with one attached hydrogen (secondary N) is 5. The van der Waals surface area contributed by atoms with Gasteiger partial charge in [0, 0.05) is 22.6 Å². The van der Waals surface area contributed by atoms with E-state index in [1.165, 1.54) is 24.4 Å². The highest BCUT2D eigenvalue weighted by atomic mass is 35.5. The monoisotopic (exact) mass is 676 g/mol. The number of aromatic nitrogens is 2. The van der Waals surface area contributed by atoms with Gasteiger partial charge < -0.3 is 26.4 Å². The summed E-state index contributed by atoms with van der Waals surface area (Å²) in [5.74, 6) is -4.71. The first-order valence-electron chi connectivity index (χ1n) is 12.5. The molecule has 0 fully saturated rings. The molecule has 4 aromatic rings. The van der Waals surface area contributed by atoms with Gasteiger partial charge in [-0.2, -0.15) is 18.3 Å². The molecule has 0 aliphatic rings. The Labute approximate surface area is 267 Å². The van der Waals surface area contributed by atoms with Crippen molar-refractivity contribution in [3.8, 4) is 0 Å². The fourth-order valence-electron chi connectivity index (χ4n) is 3.42. The van der Waals surface area contributed by atoms with Gasteiger partial charge in [-0.1, -0.05) is 41.9 Å². The Morgan fingerprint density at radius 3 is 1.87 bits per heavy atom. The molecule has 0 radical (unpaired) electrons. The zero-order valence-corrected chi connectivity index (χ0v) is 24.6. The van der Waals surface area contributed by atoms with Gasteiger partial charge in [-0.05, 0) is 60.7 Å². The van der Waals surface area contributed by atoms with Gasteiger partial charge in [0.15, 0.2) is 0 Å².